The number of esters is 1. The standard InChI is InChI=1S/C13H18FNO3/c1-9(10-5-4-6-11(14)7-10)15-8-13(2,17)12(16)18-3/h4-7,9,15,17H,8H2,1-3H3. The molecule has 0 saturated carbocycles. The Morgan fingerprint density at radius 2 is 2.28 bits per heavy atom. The van der Waals surface area contributed by atoms with Crippen molar-refractivity contribution in [1.29, 1.82) is 0 Å². The number of hydrogen-bond donors (Lipinski definition) is 2. The molecule has 0 aliphatic heterocycles. The topological polar surface area (TPSA) is 58.6 Å². The molecule has 100 valence electrons. The Labute approximate surface area is 106 Å². The van der Waals surface area contributed by atoms with Gasteiger partial charge in [0.1, 0.15) is 5.82 Å². The number of carbonyl (C=O) groups excluding carboxylic acids is 1. The number of methoxy groups -OCH3 is 1. The molecule has 0 aromatic heterocycles. The van der Waals surface area contributed by atoms with E-state index in [4.69, 9.17) is 0 Å². The second kappa shape index (κ2) is 5.93. The lowest BCUT2D eigenvalue weighted by atomic mass is 10.0. The molecule has 0 bridgehead atoms. The molecule has 0 radical (unpaired) electrons. The van der Waals surface area contributed by atoms with Gasteiger partial charge in [0.15, 0.2) is 5.60 Å². The van der Waals surface area contributed by atoms with Gasteiger partial charge in [-0.25, -0.2) is 9.18 Å². The van der Waals surface area contributed by atoms with Crippen LogP contribution in [0.1, 0.15) is 25.5 Å². The highest BCUT2D eigenvalue weighted by Crippen LogP contribution is 2.14. The number of rotatable bonds is 5. The van der Waals surface area contributed by atoms with Crippen molar-refractivity contribution >= 4 is 5.97 Å². The number of ether oxygens (including phenoxy) is 1. The van der Waals surface area contributed by atoms with Crippen LogP contribution in [0, 0.1) is 5.82 Å². The van der Waals surface area contributed by atoms with Gasteiger partial charge in [0.05, 0.1) is 7.11 Å². The van der Waals surface area contributed by atoms with E-state index < -0.39 is 11.6 Å². The van der Waals surface area contributed by atoms with Crippen LogP contribution in [0.4, 0.5) is 4.39 Å². The van der Waals surface area contributed by atoms with Gasteiger partial charge in [-0.15, -0.1) is 0 Å². The molecule has 0 heterocycles. The molecule has 2 unspecified atom stereocenters. The van der Waals surface area contributed by atoms with E-state index in [0.717, 1.165) is 5.56 Å². The van der Waals surface area contributed by atoms with E-state index in [2.05, 4.69) is 10.1 Å². The van der Waals surface area contributed by atoms with Crippen molar-refractivity contribution in [3.05, 3.63) is 35.6 Å². The molecule has 1 aromatic rings. The van der Waals surface area contributed by atoms with Crippen LogP contribution in [0.3, 0.4) is 0 Å². The maximum atomic E-state index is 13.0. The highest BCUT2D eigenvalue weighted by Gasteiger charge is 2.31. The molecule has 1 aromatic carbocycles. The molecule has 2 N–H and O–H groups in total. The van der Waals surface area contributed by atoms with Gasteiger partial charge in [0, 0.05) is 12.6 Å². The highest BCUT2D eigenvalue weighted by atomic mass is 19.1. The Bertz CT molecular complexity index is 420. The van der Waals surface area contributed by atoms with Crippen LogP contribution in [-0.2, 0) is 9.53 Å². The molecular weight excluding hydrogens is 237 g/mol. The van der Waals surface area contributed by atoms with Crippen molar-refractivity contribution < 1.29 is 19.0 Å². The minimum absolute atomic E-state index is 0.0252. The van der Waals surface area contributed by atoms with E-state index in [1.807, 2.05) is 6.92 Å². The minimum Gasteiger partial charge on any atom is -0.467 e. The number of carbonyl (C=O) groups is 1. The Morgan fingerprint density at radius 1 is 1.61 bits per heavy atom. The van der Waals surface area contributed by atoms with Crippen LogP contribution in [0.2, 0.25) is 0 Å². The van der Waals surface area contributed by atoms with E-state index in [1.165, 1.54) is 26.2 Å². The third kappa shape index (κ3) is 3.78. The van der Waals surface area contributed by atoms with Gasteiger partial charge < -0.3 is 15.2 Å². The Kier molecular flexibility index (Phi) is 4.81. The first-order valence-electron chi connectivity index (χ1n) is 5.66. The first kappa shape index (κ1) is 14.6. The van der Waals surface area contributed by atoms with E-state index >= 15 is 0 Å². The smallest absolute Gasteiger partial charge is 0.338 e. The van der Waals surface area contributed by atoms with Gasteiger partial charge in [0.25, 0.3) is 0 Å². The van der Waals surface area contributed by atoms with Crippen molar-refractivity contribution in [3.8, 4) is 0 Å². The van der Waals surface area contributed by atoms with Gasteiger partial charge in [-0.1, -0.05) is 12.1 Å². The summed E-state index contributed by atoms with van der Waals surface area (Å²) in [5, 5.41) is 12.8. The van der Waals surface area contributed by atoms with Gasteiger partial charge in [-0.05, 0) is 31.5 Å². The number of aliphatic hydroxyl groups is 1. The lowest BCUT2D eigenvalue weighted by Crippen LogP contribution is -2.46. The largest absolute Gasteiger partial charge is 0.467 e. The first-order chi connectivity index (χ1) is 8.36. The number of hydrogen-bond acceptors (Lipinski definition) is 4. The van der Waals surface area contributed by atoms with E-state index in [9.17, 15) is 14.3 Å². The second-order valence-electron chi connectivity index (χ2n) is 4.42. The average Bonchev–Trinajstić information content (AvgIpc) is 2.35. The summed E-state index contributed by atoms with van der Waals surface area (Å²) in [6.45, 7) is 3.21. The van der Waals surface area contributed by atoms with Crippen LogP contribution >= 0.6 is 0 Å². The average molecular weight is 255 g/mol. The van der Waals surface area contributed by atoms with Crippen LogP contribution in [0.5, 0.6) is 0 Å². The normalized spacial score (nSPS) is 15.8. The fourth-order valence-corrected chi connectivity index (χ4v) is 1.54. The maximum Gasteiger partial charge on any atom is 0.338 e. The number of halogens is 1. The predicted octanol–water partition coefficient (Wildman–Crippen LogP) is 1.40. The SMILES string of the molecule is COC(=O)C(C)(O)CNC(C)c1cccc(F)c1. The van der Waals surface area contributed by atoms with Crippen LogP contribution in [0.25, 0.3) is 0 Å². The molecule has 0 fully saturated rings. The summed E-state index contributed by atoms with van der Waals surface area (Å²) >= 11 is 0. The molecule has 4 nitrogen and oxygen atoms in total. The maximum absolute atomic E-state index is 13.0. The number of nitrogens with one attached hydrogen (secondary N) is 1. The molecule has 0 saturated heterocycles. The molecular formula is C13H18FNO3. The predicted molar refractivity (Wildman–Crippen MR) is 65.5 cm³/mol. The molecule has 1 rings (SSSR count). The first-order valence-corrected chi connectivity index (χ1v) is 5.66. The second-order valence-corrected chi connectivity index (χ2v) is 4.42. The fraction of sp³-hybridized carbons (Fsp3) is 0.462. The summed E-state index contributed by atoms with van der Waals surface area (Å²) in [6, 6.07) is 5.97. The highest BCUT2D eigenvalue weighted by molar-refractivity contribution is 5.78. The van der Waals surface area contributed by atoms with Crippen LogP contribution < -0.4 is 5.32 Å². The van der Waals surface area contributed by atoms with Gasteiger partial charge in [-0.3, -0.25) is 0 Å². The van der Waals surface area contributed by atoms with E-state index in [0.29, 0.717) is 0 Å². The summed E-state index contributed by atoms with van der Waals surface area (Å²) < 4.78 is 17.5. The van der Waals surface area contributed by atoms with Crippen molar-refractivity contribution in [1.82, 2.24) is 5.32 Å². The lowest BCUT2D eigenvalue weighted by molar-refractivity contribution is -0.160. The Hall–Kier alpha value is -1.46. The third-order valence-electron chi connectivity index (χ3n) is 2.73. The summed E-state index contributed by atoms with van der Waals surface area (Å²) in [6.07, 6.45) is 0. The van der Waals surface area contributed by atoms with Crippen molar-refractivity contribution in [2.45, 2.75) is 25.5 Å². The van der Waals surface area contributed by atoms with Crippen LogP contribution in [-0.4, -0.2) is 30.3 Å². The minimum atomic E-state index is -1.60. The molecule has 0 spiro atoms. The zero-order valence-corrected chi connectivity index (χ0v) is 10.7. The summed E-state index contributed by atoms with van der Waals surface area (Å²) in [5.74, 6) is -1.03. The van der Waals surface area contributed by atoms with Crippen molar-refractivity contribution in [2.75, 3.05) is 13.7 Å². The molecule has 5 heteroatoms. The number of benzene rings is 1. The summed E-state index contributed by atoms with van der Waals surface area (Å²) in [4.78, 5) is 11.3. The molecule has 2 atom stereocenters. The van der Waals surface area contributed by atoms with Gasteiger partial charge >= 0.3 is 5.97 Å². The van der Waals surface area contributed by atoms with E-state index in [-0.39, 0.29) is 18.4 Å². The Morgan fingerprint density at radius 3 is 2.83 bits per heavy atom. The molecule has 18 heavy (non-hydrogen) atoms. The third-order valence-corrected chi connectivity index (χ3v) is 2.73. The Balaban J connectivity index is 2.61. The van der Waals surface area contributed by atoms with Crippen molar-refractivity contribution in [2.24, 2.45) is 0 Å². The zero-order valence-electron chi connectivity index (χ0n) is 10.7. The molecule has 0 amide bonds. The zero-order chi connectivity index (χ0) is 13.8. The van der Waals surface area contributed by atoms with Crippen LogP contribution in [0.15, 0.2) is 24.3 Å². The van der Waals surface area contributed by atoms with Crippen molar-refractivity contribution in [3.63, 3.8) is 0 Å². The van der Waals surface area contributed by atoms with Gasteiger partial charge in [-0.2, -0.15) is 0 Å². The quantitative estimate of drug-likeness (QED) is 0.781. The summed E-state index contributed by atoms with van der Waals surface area (Å²) in [7, 11) is 1.22. The molecule has 0 aliphatic carbocycles. The summed E-state index contributed by atoms with van der Waals surface area (Å²) in [5.41, 5.74) is -0.855. The molecule has 0 aliphatic rings. The van der Waals surface area contributed by atoms with E-state index in [1.54, 1.807) is 12.1 Å². The lowest BCUT2D eigenvalue weighted by Gasteiger charge is -2.23. The fourth-order valence-electron chi connectivity index (χ4n) is 1.54. The van der Waals surface area contributed by atoms with Gasteiger partial charge in [0.2, 0.25) is 0 Å². The monoisotopic (exact) mass is 255 g/mol.